The Balaban J connectivity index is 1.69. The Morgan fingerprint density at radius 3 is 3.00 bits per heavy atom. The minimum atomic E-state index is -0.202. The standard InChI is InChI=1S/C16H20N4O3S/c1-11-15-18-13(16(22)17-8-12-4-3-7-24-12)9-19(15)5-6-20(11)14(21)10-23-2/h3-4,7,9,11H,5-6,8,10H2,1-2H3,(H,17,22)/t11-/m0/s1. The fourth-order valence-electron chi connectivity index (χ4n) is 2.82. The molecular weight excluding hydrogens is 328 g/mol. The summed E-state index contributed by atoms with van der Waals surface area (Å²) < 4.78 is 6.87. The van der Waals surface area contributed by atoms with Crippen molar-refractivity contribution in [1.82, 2.24) is 19.8 Å². The Morgan fingerprint density at radius 2 is 2.29 bits per heavy atom. The lowest BCUT2D eigenvalue weighted by Crippen LogP contribution is -2.42. The van der Waals surface area contributed by atoms with Gasteiger partial charge in [-0.05, 0) is 18.4 Å². The molecule has 0 fully saturated rings. The first-order chi connectivity index (χ1) is 11.6. The molecule has 0 aliphatic carbocycles. The highest BCUT2D eigenvalue weighted by Crippen LogP contribution is 2.24. The molecule has 0 spiro atoms. The molecule has 1 aliphatic rings. The van der Waals surface area contributed by atoms with E-state index in [2.05, 4.69) is 10.3 Å². The number of rotatable bonds is 5. The molecule has 7 nitrogen and oxygen atoms in total. The molecule has 0 saturated heterocycles. The van der Waals surface area contributed by atoms with Gasteiger partial charge in [0.15, 0.2) is 0 Å². The number of thiophene rings is 1. The quantitative estimate of drug-likeness (QED) is 0.887. The molecule has 0 radical (unpaired) electrons. The van der Waals surface area contributed by atoms with Crippen LogP contribution in [0.1, 0.15) is 34.2 Å². The number of hydrogen-bond donors (Lipinski definition) is 1. The third-order valence-electron chi connectivity index (χ3n) is 4.05. The first-order valence-corrected chi connectivity index (χ1v) is 8.64. The molecule has 128 valence electrons. The van der Waals surface area contributed by atoms with Gasteiger partial charge in [0.2, 0.25) is 5.91 Å². The number of hydrogen-bond acceptors (Lipinski definition) is 5. The minimum absolute atomic E-state index is 0.0548. The number of fused-ring (bicyclic) bond motifs is 1. The van der Waals surface area contributed by atoms with E-state index in [1.54, 1.807) is 22.4 Å². The van der Waals surface area contributed by atoms with Crippen LogP contribution in [-0.4, -0.2) is 46.5 Å². The van der Waals surface area contributed by atoms with E-state index in [0.717, 1.165) is 10.7 Å². The van der Waals surface area contributed by atoms with E-state index < -0.39 is 0 Å². The summed E-state index contributed by atoms with van der Waals surface area (Å²) in [7, 11) is 1.50. The van der Waals surface area contributed by atoms with Crippen molar-refractivity contribution in [3.8, 4) is 0 Å². The summed E-state index contributed by atoms with van der Waals surface area (Å²) in [5.41, 5.74) is 0.384. The number of carbonyl (C=O) groups excluding carboxylic acids is 2. The lowest BCUT2D eigenvalue weighted by Gasteiger charge is -2.33. The molecule has 0 unspecified atom stereocenters. The summed E-state index contributed by atoms with van der Waals surface area (Å²) in [6.45, 7) is 3.67. The minimum Gasteiger partial charge on any atom is -0.375 e. The van der Waals surface area contributed by atoms with Crippen LogP contribution in [0.5, 0.6) is 0 Å². The number of ether oxygens (including phenoxy) is 1. The van der Waals surface area contributed by atoms with Gasteiger partial charge in [-0.2, -0.15) is 0 Å². The average Bonchev–Trinajstić information content (AvgIpc) is 3.23. The summed E-state index contributed by atoms with van der Waals surface area (Å²) >= 11 is 1.60. The lowest BCUT2D eigenvalue weighted by molar-refractivity contribution is -0.138. The fourth-order valence-corrected chi connectivity index (χ4v) is 3.46. The van der Waals surface area contributed by atoms with Crippen LogP contribution in [0, 0.1) is 0 Å². The molecule has 3 heterocycles. The summed E-state index contributed by atoms with van der Waals surface area (Å²) in [4.78, 5) is 31.7. The maximum Gasteiger partial charge on any atom is 0.271 e. The van der Waals surface area contributed by atoms with Gasteiger partial charge in [-0.15, -0.1) is 11.3 Å². The molecule has 0 aromatic carbocycles. The first kappa shape index (κ1) is 16.7. The second-order valence-electron chi connectivity index (χ2n) is 5.64. The molecule has 1 aliphatic heterocycles. The van der Waals surface area contributed by atoms with Crippen LogP contribution in [0.4, 0.5) is 0 Å². The monoisotopic (exact) mass is 348 g/mol. The predicted octanol–water partition coefficient (Wildman–Crippen LogP) is 1.42. The Hall–Kier alpha value is -2.19. The molecule has 2 aromatic heterocycles. The molecule has 0 saturated carbocycles. The van der Waals surface area contributed by atoms with Crippen molar-refractivity contribution in [2.24, 2.45) is 0 Å². The van der Waals surface area contributed by atoms with Crippen molar-refractivity contribution >= 4 is 23.2 Å². The molecule has 24 heavy (non-hydrogen) atoms. The second kappa shape index (κ2) is 7.14. The SMILES string of the molecule is COCC(=O)N1CCn2cc(C(=O)NCc3cccs3)nc2[C@@H]1C. The van der Waals surface area contributed by atoms with Crippen LogP contribution in [0.3, 0.4) is 0 Å². The van der Waals surface area contributed by atoms with E-state index in [-0.39, 0.29) is 24.5 Å². The number of aromatic nitrogens is 2. The van der Waals surface area contributed by atoms with Crippen LogP contribution in [0.2, 0.25) is 0 Å². The molecule has 0 bridgehead atoms. The van der Waals surface area contributed by atoms with Gasteiger partial charge in [0.25, 0.3) is 5.91 Å². The Kier molecular flexibility index (Phi) is 4.96. The molecule has 2 amide bonds. The first-order valence-electron chi connectivity index (χ1n) is 7.76. The maximum atomic E-state index is 12.3. The van der Waals surface area contributed by atoms with E-state index in [4.69, 9.17) is 4.74 Å². The van der Waals surface area contributed by atoms with Crippen molar-refractivity contribution < 1.29 is 14.3 Å². The van der Waals surface area contributed by atoms with Crippen LogP contribution in [-0.2, 0) is 22.6 Å². The number of amides is 2. The zero-order valence-electron chi connectivity index (χ0n) is 13.7. The number of methoxy groups -OCH3 is 1. The normalized spacial score (nSPS) is 16.8. The summed E-state index contributed by atoms with van der Waals surface area (Å²) in [5.74, 6) is 0.460. The highest BCUT2D eigenvalue weighted by atomic mass is 32.1. The largest absolute Gasteiger partial charge is 0.375 e. The summed E-state index contributed by atoms with van der Waals surface area (Å²) in [5, 5.41) is 4.85. The van der Waals surface area contributed by atoms with E-state index in [0.29, 0.717) is 25.3 Å². The van der Waals surface area contributed by atoms with Crippen molar-refractivity contribution in [3.63, 3.8) is 0 Å². The molecule has 1 N–H and O–H groups in total. The lowest BCUT2D eigenvalue weighted by atomic mass is 10.2. The Labute approximate surface area is 144 Å². The van der Waals surface area contributed by atoms with Gasteiger partial charge in [-0.25, -0.2) is 4.98 Å². The highest BCUT2D eigenvalue weighted by Gasteiger charge is 2.30. The topological polar surface area (TPSA) is 76.5 Å². The van der Waals surface area contributed by atoms with Crippen molar-refractivity contribution in [2.75, 3.05) is 20.3 Å². The van der Waals surface area contributed by atoms with Gasteiger partial charge >= 0.3 is 0 Å². The van der Waals surface area contributed by atoms with E-state index in [1.165, 1.54) is 7.11 Å². The number of imidazole rings is 1. The van der Waals surface area contributed by atoms with Gasteiger partial charge in [-0.3, -0.25) is 9.59 Å². The van der Waals surface area contributed by atoms with E-state index in [1.807, 2.05) is 29.0 Å². The maximum absolute atomic E-state index is 12.3. The molecular formula is C16H20N4O3S. The van der Waals surface area contributed by atoms with Crippen molar-refractivity contribution in [1.29, 1.82) is 0 Å². The number of carbonyl (C=O) groups is 2. The zero-order valence-corrected chi connectivity index (χ0v) is 14.5. The van der Waals surface area contributed by atoms with Gasteiger partial charge in [0.05, 0.1) is 12.6 Å². The molecule has 1 atom stereocenters. The van der Waals surface area contributed by atoms with Crippen molar-refractivity contribution in [3.05, 3.63) is 40.1 Å². The van der Waals surface area contributed by atoms with E-state index in [9.17, 15) is 9.59 Å². The number of nitrogens with zero attached hydrogens (tertiary/aromatic N) is 3. The van der Waals surface area contributed by atoms with Crippen LogP contribution in [0.25, 0.3) is 0 Å². The third kappa shape index (κ3) is 3.34. The highest BCUT2D eigenvalue weighted by molar-refractivity contribution is 7.09. The molecule has 3 rings (SSSR count). The Bertz CT molecular complexity index is 726. The second-order valence-corrected chi connectivity index (χ2v) is 6.67. The van der Waals surface area contributed by atoms with Gasteiger partial charge in [0, 0.05) is 31.3 Å². The molecule has 2 aromatic rings. The molecule has 8 heteroatoms. The van der Waals surface area contributed by atoms with Crippen LogP contribution < -0.4 is 5.32 Å². The van der Waals surface area contributed by atoms with Crippen molar-refractivity contribution in [2.45, 2.75) is 26.1 Å². The zero-order chi connectivity index (χ0) is 17.1. The van der Waals surface area contributed by atoms with Gasteiger partial charge < -0.3 is 19.5 Å². The van der Waals surface area contributed by atoms with Gasteiger partial charge in [0.1, 0.15) is 18.1 Å². The smallest absolute Gasteiger partial charge is 0.271 e. The fraction of sp³-hybridized carbons (Fsp3) is 0.438. The average molecular weight is 348 g/mol. The van der Waals surface area contributed by atoms with Crippen LogP contribution >= 0.6 is 11.3 Å². The summed E-state index contributed by atoms with van der Waals surface area (Å²) in [6.07, 6.45) is 1.76. The Morgan fingerprint density at radius 1 is 1.46 bits per heavy atom. The predicted molar refractivity (Wildman–Crippen MR) is 89.7 cm³/mol. The number of nitrogens with one attached hydrogen (secondary N) is 1. The summed E-state index contributed by atoms with van der Waals surface area (Å²) in [6, 6.07) is 3.75. The van der Waals surface area contributed by atoms with Gasteiger partial charge in [-0.1, -0.05) is 6.07 Å². The van der Waals surface area contributed by atoms with E-state index >= 15 is 0 Å². The van der Waals surface area contributed by atoms with Crippen LogP contribution in [0.15, 0.2) is 23.7 Å². The third-order valence-corrected chi connectivity index (χ3v) is 4.93.